The van der Waals surface area contributed by atoms with Crippen LogP contribution in [-0.2, 0) is 13.6 Å². The number of alkyl halides is 2. The molecule has 218 valence electrons. The molecule has 43 heavy (non-hydrogen) atoms. The number of thiophene rings is 1. The highest BCUT2D eigenvalue weighted by atomic mass is 32.1. The first-order chi connectivity index (χ1) is 20.5. The molecule has 0 spiro atoms. The number of nitrogens with two attached hydrogens (primary N) is 1. The van der Waals surface area contributed by atoms with Crippen LogP contribution in [-0.4, -0.2) is 41.3 Å². The van der Waals surface area contributed by atoms with Gasteiger partial charge in [0.15, 0.2) is 0 Å². The third-order valence-corrected chi connectivity index (χ3v) is 8.28. The average molecular weight is 601 g/mol. The lowest BCUT2D eigenvalue weighted by Crippen LogP contribution is -2.17. The van der Waals surface area contributed by atoms with Crippen LogP contribution in [0.25, 0.3) is 43.5 Å². The van der Waals surface area contributed by atoms with E-state index in [1.54, 1.807) is 53.8 Å². The number of hydrogen-bond donors (Lipinski definition) is 2. The molecule has 0 aliphatic heterocycles. The SMILES string of the molecule is CCn1cc(-c2cc(C(F)F)nc3sc(C(N)=O)c(NC(=O)c4cc(-c5cn(C)nc5C)nc5ccccc45)c23)c(C)n1. The summed E-state index contributed by atoms with van der Waals surface area (Å²) in [5.74, 6) is -1.36. The van der Waals surface area contributed by atoms with E-state index in [0.29, 0.717) is 50.9 Å². The summed E-state index contributed by atoms with van der Waals surface area (Å²) in [6.07, 6.45) is 0.702. The standard InChI is InChI=1S/C30H26F2N8O2S/c1-5-40-13-19(14(2)38-40)17-10-23(27(31)32)35-30-24(17)25(26(43-30)28(33)41)36-29(42)18-11-22(20-12-39(4)37-15(20)3)34-21-9-7-6-8-16(18)21/h6-13,27H,5H2,1-4H3,(H2,33,41)(H,36,42). The maximum Gasteiger partial charge on any atom is 0.280 e. The van der Waals surface area contributed by atoms with Crippen LogP contribution in [0.4, 0.5) is 14.5 Å². The first kappa shape index (κ1) is 28.1. The van der Waals surface area contributed by atoms with Gasteiger partial charge in [0, 0.05) is 47.9 Å². The highest BCUT2D eigenvalue weighted by Gasteiger charge is 2.27. The number of aryl methyl sites for hydroxylation is 4. The minimum atomic E-state index is -2.86. The molecule has 0 radical (unpaired) electrons. The van der Waals surface area contributed by atoms with Gasteiger partial charge in [0.05, 0.1) is 33.8 Å². The Kier molecular flexibility index (Phi) is 6.97. The lowest BCUT2D eigenvalue weighted by atomic mass is 10.0. The molecule has 2 amide bonds. The van der Waals surface area contributed by atoms with Crippen molar-refractivity contribution in [2.45, 2.75) is 33.7 Å². The Hall–Kier alpha value is -5.04. The molecule has 0 bridgehead atoms. The largest absolute Gasteiger partial charge is 0.365 e. The molecule has 13 heteroatoms. The second-order valence-electron chi connectivity index (χ2n) is 10.1. The monoisotopic (exact) mass is 600 g/mol. The van der Waals surface area contributed by atoms with Crippen molar-refractivity contribution < 1.29 is 18.4 Å². The summed E-state index contributed by atoms with van der Waals surface area (Å²) in [7, 11) is 1.80. The van der Waals surface area contributed by atoms with Gasteiger partial charge >= 0.3 is 0 Å². The van der Waals surface area contributed by atoms with Crippen LogP contribution in [0.15, 0.2) is 48.8 Å². The van der Waals surface area contributed by atoms with Crippen LogP contribution >= 0.6 is 11.3 Å². The van der Waals surface area contributed by atoms with Gasteiger partial charge in [-0.3, -0.25) is 19.0 Å². The molecule has 0 atom stereocenters. The first-order valence-corrected chi connectivity index (χ1v) is 14.2. The number of benzene rings is 1. The average Bonchev–Trinajstić information content (AvgIpc) is 3.65. The summed E-state index contributed by atoms with van der Waals surface area (Å²) in [6, 6.07) is 10.2. The first-order valence-electron chi connectivity index (χ1n) is 13.4. The van der Waals surface area contributed by atoms with Gasteiger partial charge in [-0.2, -0.15) is 10.2 Å². The number of aromatic nitrogens is 6. The van der Waals surface area contributed by atoms with E-state index < -0.39 is 23.9 Å². The van der Waals surface area contributed by atoms with E-state index in [0.717, 1.165) is 22.6 Å². The molecule has 0 fully saturated rings. The molecule has 0 saturated carbocycles. The van der Waals surface area contributed by atoms with Crippen LogP contribution in [0.2, 0.25) is 0 Å². The van der Waals surface area contributed by atoms with Crippen molar-refractivity contribution in [3.05, 3.63) is 76.3 Å². The molecule has 6 aromatic rings. The van der Waals surface area contributed by atoms with Crippen molar-refractivity contribution in [1.29, 1.82) is 0 Å². The molecule has 0 aliphatic carbocycles. The fourth-order valence-electron chi connectivity index (χ4n) is 5.21. The van der Waals surface area contributed by atoms with Crippen LogP contribution < -0.4 is 11.1 Å². The Bertz CT molecular complexity index is 2080. The number of para-hydroxylation sites is 1. The van der Waals surface area contributed by atoms with Gasteiger partial charge in [-0.15, -0.1) is 11.3 Å². The summed E-state index contributed by atoms with van der Waals surface area (Å²) < 4.78 is 31.3. The van der Waals surface area contributed by atoms with Gasteiger partial charge < -0.3 is 11.1 Å². The highest BCUT2D eigenvalue weighted by Crippen LogP contribution is 2.43. The Morgan fingerprint density at radius 2 is 1.77 bits per heavy atom. The van der Waals surface area contributed by atoms with Crippen molar-refractivity contribution >= 4 is 50.0 Å². The fraction of sp³-hybridized carbons (Fsp3) is 0.200. The van der Waals surface area contributed by atoms with E-state index >= 15 is 0 Å². The number of pyridine rings is 2. The third kappa shape index (κ3) is 4.91. The van der Waals surface area contributed by atoms with E-state index in [4.69, 9.17) is 10.7 Å². The lowest BCUT2D eigenvalue weighted by molar-refractivity contribution is 0.100. The highest BCUT2D eigenvalue weighted by molar-refractivity contribution is 7.21. The van der Waals surface area contributed by atoms with Gasteiger partial charge in [-0.25, -0.2) is 18.7 Å². The van der Waals surface area contributed by atoms with E-state index in [1.807, 2.05) is 26.1 Å². The second kappa shape index (κ2) is 10.7. The number of primary amides is 1. The molecule has 5 aromatic heterocycles. The van der Waals surface area contributed by atoms with E-state index in [1.165, 1.54) is 6.07 Å². The number of nitrogens with zero attached hydrogens (tertiary/aromatic N) is 6. The quantitative estimate of drug-likeness (QED) is 0.230. The molecule has 3 N–H and O–H groups in total. The van der Waals surface area contributed by atoms with Crippen LogP contribution in [0.5, 0.6) is 0 Å². The summed E-state index contributed by atoms with van der Waals surface area (Å²) in [4.78, 5) is 35.8. The van der Waals surface area contributed by atoms with Crippen molar-refractivity contribution in [3.63, 3.8) is 0 Å². The number of halogens is 2. The normalized spacial score (nSPS) is 11.6. The van der Waals surface area contributed by atoms with Gasteiger partial charge in [-0.05, 0) is 44.5 Å². The number of hydrogen-bond acceptors (Lipinski definition) is 7. The van der Waals surface area contributed by atoms with Crippen molar-refractivity contribution in [2.75, 3.05) is 5.32 Å². The number of nitrogens with one attached hydrogen (secondary N) is 1. The predicted molar refractivity (Wildman–Crippen MR) is 161 cm³/mol. The molecule has 1 aromatic carbocycles. The summed E-state index contributed by atoms with van der Waals surface area (Å²) in [5.41, 5.74) is 9.86. The van der Waals surface area contributed by atoms with Crippen molar-refractivity contribution in [2.24, 2.45) is 12.8 Å². The Morgan fingerprint density at radius 3 is 2.42 bits per heavy atom. The van der Waals surface area contributed by atoms with Gasteiger partial charge in [0.2, 0.25) is 0 Å². The topological polar surface area (TPSA) is 134 Å². The summed E-state index contributed by atoms with van der Waals surface area (Å²) in [5, 5.41) is 12.7. The Morgan fingerprint density at radius 1 is 1.02 bits per heavy atom. The minimum absolute atomic E-state index is 0.00857. The molecule has 10 nitrogen and oxygen atoms in total. The maximum absolute atomic E-state index is 14.1. The van der Waals surface area contributed by atoms with Gasteiger partial charge in [0.1, 0.15) is 15.4 Å². The molecule has 5 heterocycles. The molecule has 0 aliphatic rings. The van der Waals surface area contributed by atoms with Crippen molar-refractivity contribution in [3.8, 4) is 22.4 Å². The Balaban J connectivity index is 1.57. The number of carbonyl (C=O) groups is 2. The van der Waals surface area contributed by atoms with E-state index in [2.05, 4.69) is 20.5 Å². The molecule has 6 rings (SSSR count). The maximum atomic E-state index is 14.1. The molecule has 0 unspecified atom stereocenters. The predicted octanol–water partition coefficient (Wildman–Crippen LogP) is 6.03. The minimum Gasteiger partial charge on any atom is -0.365 e. The lowest BCUT2D eigenvalue weighted by Gasteiger charge is -2.12. The van der Waals surface area contributed by atoms with E-state index in [9.17, 15) is 18.4 Å². The zero-order valence-corrected chi connectivity index (χ0v) is 24.5. The third-order valence-electron chi connectivity index (χ3n) is 7.18. The van der Waals surface area contributed by atoms with Crippen LogP contribution in [0.3, 0.4) is 0 Å². The summed E-state index contributed by atoms with van der Waals surface area (Å²) in [6.45, 7) is 6.09. The number of carbonyl (C=O) groups excluding carboxylic acids is 2. The molecular formula is C30H26F2N8O2S. The van der Waals surface area contributed by atoms with Crippen LogP contribution in [0.1, 0.15) is 50.5 Å². The molecular weight excluding hydrogens is 574 g/mol. The van der Waals surface area contributed by atoms with Gasteiger partial charge in [-0.1, -0.05) is 18.2 Å². The number of amides is 2. The number of fused-ring (bicyclic) bond motifs is 2. The summed E-state index contributed by atoms with van der Waals surface area (Å²) >= 11 is 0.852. The smallest absolute Gasteiger partial charge is 0.280 e. The van der Waals surface area contributed by atoms with Gasteiger partial charge in [0.25, 0.3) is 18.2 Å². The zero-order chi connectivity index (χ0) is 30.6. The van der Waals surface area contributed by atoms with Crippen molar-refractivity contribution in [1.82, 2.24) is 29.5 Å². The fourth-order valence-corrected chi connectivity index (χ4v) is 6.23. The Labute approximate surface area is 248 Å². The second-order valence-corrected chi connectivity index (χ2v) is 11.1. The van der Waals surface area contributed by atoms with Crippen LogP contribution in [0, 0.1) is 13.8 Å². The molecule has 0 saturated heterocycles. The number of anilines is 1. The van der Waals surface area contributed by atoms with E-state index in [-0.39, 0.29) is 15.4 Å². The zero-order valence-electron chi connectivity index (χ0n) is 23.6. The number of rotatable bonds is 7.